The lowest BCUT2D eigenvalue weighted by atomic mass is 9.86. The van der Waals surface area contributed by atoms with Gasteiger partial charge in [-0.25, -0.2) is 0 Å². The van der Waals surface area contributed by atoms with Crippen LogP contribution >= 0.6 is 0 Å². The molecule has 1 aliphatic rings. The lowest BCUT2D eigenvalue weighted by Gasteiger charge is -2.30. The Hall–Kier alpha value is -3.21. The summed E-state index contributed by atoms with van der Waals surface area (Å²) < 4.78 is 2.04. The Morgan fingerprint density at radius 1 is 1.13 bits per heavy atom. The molecule has 0 saturated carbocycles. The van der Waals surface area contributed by atoms with E-state index in [2.05, 4.69) is 79.2 Å². The Morgan fingerprint density at radius 3 is 2.37 bits per heavy atom. The van der Waals surface area contributed by atoms with E-state index in [1.165, 1.54) is 5.56 Å². The second kappa shape index (κ2) is 8.66. The third kappa shape index (κ3) is 3.67. The predicted molar refractivity (Wildman–Crippen MR) is 123 cm³/mol. The quantitative estimate of drug-likeness (QED) is 0.511. The Bertz CT molecular complexity index is 1080. The molecule has 1 aromatic carbocycles. The zero-order valence-corrected chi connectivity index (χ0v) is 18.4. The average molecular weight is 403 g/mol. The van der Waals surface area contributed by atoms with Crippen molar-refractivity contribution >= 4 is 18.2 Å². The summed E-state index contributed by atoms with van der Waals surface area (Å²) in [5.74, 6) is -0.142. The Balaban J connectivity index is 2.24. The van der Waals surface area contributed by atoms with E-state index in [1.54, 1.807) is 0 Å². The zero-order valence-electron chi connectivity index (χ0n) is 18.4. The fourth-order valence-corrected chi connectivity index (χ4v) is 4.20. The van der Waals surface area contributed by atoms with E-state index >= 15 is 0 Å². The number of Topliss-reactive ketones (excluding diaryl/α,β-unsaturated/α-hetero) is 1. The molecule has 2 heterocycles. The number of aromatic nitrogens is 1. The number of hydrogen-bond donors (Lipinski definition) is 0. The molecule has 1 aliphatic heterocycles. The number of hydrogen-bond acceptors (Lipinski definition) is 4. The van der Waals surface area contributed by atoms with Crippen molar-refractivity contribution in [1.82, 2.24) is 4.57 Å². The number of benzene rings is 1. The summed E-state index contributed by atoms with van der Waals surface area (Å²) in [6, 6.07) is 10.2. The van der Waals surface area contributed by atoms with Crippen LogP contribution in [0.4, 0.5) is 5.69 Å². The first-order valence-corrected chi connectivity index (χ1v) is 10.3. The van der Waals surface area contributed by atoms with Crippen molar-refractivity contribution in [2.45, 2.75) is 46.7 Å². The van der Waals surface area contributed by atoms with Gasteiger partial charge < -0.3 is 9.47 Å². The number of ketones is 1. The predicted octanol–water partition coefficient (Wildman–Crippen LogP) is 4.87. The van der Waals surface area contributed by atoms with Gasteiger partial charge in [-0.15, -0.1) is 5.10 Å². The average Bonchev–Trinajstić information content (AvgIpc) is 3.00. The summed E-state index contributed by atoms with van der Waals surface area (Å²) in [6.07, 6.45) is 2.50. The minimum atomic E-state index is -0.320. The number of pyridine rings is 1. The molecule has 156 valence electrons. The highest BCUT2D eigenvalue weighted by Gasteiger charge is 2.44. The molecule has 3 rings (SSSR count). The Labute approximate surface area is 178 Å². The van der Waals surface area contributed by atoms with Crippen molar-refractivity contribution in [1.29, 1.82) is 0 Å². The molecule has 0 N–H and O–H groups in total. The molecular weight excluding hydrogens is 372 g/mol. The molecule has 1 fully saturated rings. The molecule has 0 radical (unpaired) electrons. The van der Waals surface area contributed by atoms with Crippen molar-refractivity contribution in [2.24, 2.45) is 16.1 Å². The summed E-state index contributed by atoms with van der Waals surface area (Å²) >= 11 is 0. The summed E-state index contributed by atoms with van der Waals surface area (Å²) in [7, 11) is 0. The highest BCUT2D eigenvalue weighted by atomic mass is 16.1. The molecule has 0 spiro atoms. The van der Waals surface area contributed by atoms with Crippen LogP contribution in [0.1, 0.15) is 43.0 Å². The van der Waals surface area contributed by atoms with E-state index in [0.717, 1.165) is 40.1 Å². The van der Waals surface area contributed by atoms with E-state index in [1.807, 2.05) is 24.6 Å². The molecule has 30 heavy (non-hydrogen) atoms. The van der Waals surface area contributed by atoms with Gasteiger partial charge in [0.2, 0.25) is 0 Å². The van der Waals surface area contributed by atoms with Crippen LogP contribution in [-0.2, 0) is 11.3 Å². The molecule has 0 bridgehead atoms. The second-order valence-corrected chi connectivity index (χ2v) is 7.73. The standard InChI is InChI=1S/C25H30N4O/c1-8-22(30)23-18(5)19(6)29(24(23)20-12-10-16(3)11-13-20)21-14-17(4)25(27-26-7)28(9-2)15-21/h10-15,23-24H,5-9H2,1-4H3/b27-25-. The molecule has 0 aliphatic carbocycles. The van der Waals surface area contributed by atoms with E-state index in [-0.39, 0.29) is 17.7 Å². The van der Waals surface area contributed by atoms with Crippen LogP contribution in [0.25, 0.3) is 0 Å². The fourth-order valence-electron chi connectivity index (χ4n) is 4.20. The lowest BCUT2D eigenvalue weighted by Crippen LogP contribution is -2.30. The fraction of sp³-hybridized carbons (Fsp3) is 0.320. The molecule has 2 unspecified atom stereocenters. The first kappa shape index (κ1) is 21.5. The van der Waals surface area contributed by atoms with E-state index < -0.39 is 0 Å². The van der Waals surface area contributed by atoms with Crippen molar-refractivity contribution in [3.05, 3.63) is 83.1 Å². The van der Waals surface area contributed by atoms with E-state index in [0.29, 0.717) is 6.42 Å². The maximum atomic E-state index is 13.0. The minimum absolute atomic E-state index is 0.178. The molecule has 1 aromatic heterocycles. The van der Waals surface area contributed by atoms with Crippen molar-refractivity contribution in [3.63, 3.8) is 0 Å². The van der Waals surface area contributed by atoms with Crippen LogP contribution in [0.5, 0.6) is 0 Å². The van der Waals surface area contributed by atoms with Crippen LogP contribution in [0.15, 0.2) is 71.2 Å². The molecule has 2 atom stereocenters. The van der Waals surface area contributed by atoms with Crippen molar-refractivity contribution in [2.75, 3.05) is 4.90 Å². The smallest absolute Gasteiger partial charge is 0.158 e. The topological polar surface area (TPSA) is 50.0 Å². The number of aryl methyl sites for hydroxylation is 3. The van der Waals surface area contributed by atoms with Gasteiger partial charge in [-0.2, -0.15) is 5.10 Å². The number of carbonyl (C=O) groups excluding carboxylic acids is 1. The number of rotatable bonds is 6. The van der Waals surface area contributed by atoms with Gasteiger partial charge in [0.25, 0.3) is 0 Å². The number of allylic oxidation sites excluding steroid dienone is 1. The highest BCUT2D eigenvalue weighted by Crippen LogP contribution is 2.48. The Kier molecular flexibility index (Phi) is 6.20. The SMILES string of the molecule is C=N/N=c1/c(C)cc(N2C(=C)C(=C)C(C(=O)CC)C2c2ccc(C)cc2)cn1CC. The monoisotopic (exact) mass is 402 g/mol. The van der Waals surface area contributed by atoms with Gasteiger partial charge in [-0.3, -0.25) is 4.79 Å². The number of anilines is 1. The maximum Gasteiger partial charge on any atom is 0.158 e. The molecule has 0 amide bonds. The summed E-state index contributed by atoms with van der Waals surface area (Å²) in [5.41, 5.74) is 6.54. The van der Waals surface area contributed by atoms with Gasteiger partial charge in [0.05, 0.1) is 17.6 Å². The van der Waals surface area contributed by atoms with Crippen LogP contribution in [-0.4, -0.2) is 17.1 Å². The molecule has 1 saturated heterocycles. The summed E-state index contributed by atoms with van der Waals surface area (Å²) in [6.45, 7) is 20.8. The number of carbonyl (C=O) groups is 1. The van der Waals surface area contributed by atoms with Gasteiger partial charge in [-0.05, 0) is 43.5 Å². The lowest BCUT2D eigenvalue weighted by molar-refractivity contribution is -0.121. The van der Waals surface area contributed by atoms with Crippen LogP contribution in [0, 0.1) is 19.8 Å². The summed E-state index contributed by atoms with van der Waals surface area (Å²) in [4.78, 5) is 15.1. The maximum absolute atomic E-state index is 13.0. The first-order chi connectivity index (χ1) is 14.3. The molecule has 5 heteroatoms. The van der Waals surface area contributed by atoms with Crippen molar-refractivity contribution < 1.29 is 4.79 Å². The van der Waals surface area contributed by atoms with Gasteiger partial charge in [-0.1, -0.05) is 49.9 Å². The normalized spacial score (nSPS) is 19.5. The summed E-state index contributed by atoms with van der Waals surface area (Å²) in [5, 5.41) is 7.90. The second-order valence-electron chi connectivity index (χ2n) is 7.73. The molecule has 5 nitrogen and oxygen atoms in total. The van der Waals surface area contributed by atoms with Crippen LogP contribution < -0.4 is 10.4 Å². The third-order valence-corrected chi connectivity index (χ3v) is 5.81. The third-order valence-electron chi connectivity index (χ3n) is 5.81. The van der Waals surface area contributed by atoms with Gasteiger partial charge >= 0.3 is 0 Å². The highest BCUT2D eigenvalue weighted by molar-refractivity contribution is 5.89. The van der Waals surface area contributed by atoms with Crippen LogP contribution in [0.3, 0.4) is 0 Å². The zero-order chi connectivity index (χ0) is 22.0. The minimum Gasteiger partial charge on any atom is -0.332 e. The first-order valence-electron chi connectivity index (χ1n) is 10.3. The Morgan fingerprint density at radius 2 is 1.80 bits per heavy atom. The van der Waals surface area contributed by atoms with Gasteiger partial charge in [0.1, 0.15) is 5.78 Å². The van der Waals surface area contributed by atoms with Gasteiger partial charge in [0, 0.05) is 31.6 Å². The largest absolute Gasteiger partial charge is 0.332 e. The van der Waals surface area contributed by atoms with Crippen LogP contribution in [0.2, 0.25) is 0 Å². The van der Waals surface area contributed by atoms with Crippen molar-refractivity contribution in [3.8, 4) is 0 Å². The van der Waals surface area contributed by atoms with E-state index in [4.69, 9.17) is 0 Å². The van der Waals surface area contributed by atoms with Gasteiger partial charge in [0.15, 0.2) is 5.49 Å². The van der Waals surface area contributed by atoms with E-state index in [9.17, 15) is 4.79 Å². The molecule has 2 aromatic rings. The molecular formula is C25H30N4O. The number of nitrogens with zero attached hydrogens (tertiary/aromatic N) is 4.